The number of benzene rings is 1. The van der Waals surface area contributed by atoms with Crippen LogP contribution in [-0.4, -0.2) is 37.2 Å². The van der Waals surface area contributed by atoms with Gasteiger partial charge in [-0.05, 0) is 50.3 Å². The van der Waals surface area contributed by atoms with Crippen molar-refractivity contribution in [2.75, 3.05) is 20.2 Å². The van der Waals surface area contributed by atoms with Crippen molar-refractivity contribution in [1.29, 1.82) is 0 Å². The third-order valence-corrected chi connectivity index (χ3v) is 4.01. The summed E-state index contributed by atoms with van der Waals surface area (Å²) in [6.07, 6.45) is 2.25. The molecule has 3 heteroatoms. The van der Waals surface area contributed by atoms with E-state index in [1.807, 2.05) is 12.1 Å². The lowest BCUT2D eigenvalue weighted by molar-refractivity contribution is 0.124. The smallest absolute Gasteiger partial charge is 0.118 e. The normalized spacial score (nSPS) is 24.7. The first kappa shape index (κ1) is 14.4. The zero-order chi connectivity index (χ0) is 13.8. The summed E-state index contributed by atoms with van der Waals surface area (Å²) in [4.78, 5) is 2.50. The van der Waals surface area contributed by atoms with E-state index in [0.29, 0.717) is 18.0 Å². The minimum atomic E-state index is 0.319. The van der Waals surface area contributed by atoms with Crippen molar-refractivity contribution in [3.63, 3.8) is 0 Å². The molecule has 0 aliphatic carbocycles. The molecule has 0 aromatic heterocycles. The zero-order valence-corrected chi connectivity index (χ0v) is 12.3. The summed E-state index contributed by atoms with van der Waals surface area (Å²) in [5.74, 6) is 1.59. The average Bonchev–Trinajstić information content (AvgIpc) is 2.39. The van der Waals surface area contributed by atoms with E-state index in [2.05, 4.69) is 30.9 Å². The lowest BCUT2D eigenvalue weighted by atomic mass is 9.88. The molecule has 1 heterocycles. The van der Waals surface area contributed by atoms with E-state index in [0.717, 1.165) is 31.7 Å². The maximum Gasteiger partial charge on any atom is 0.118 e. The fourth-order valence-corrected chi connectivity index (χ4v) is 2.95. The molecule has 0 saturated carbocycles. The van der Waals surface area contributed by atoms with Gasteiger partial charge in [-0.3, -0.25) is 4.90 Å². The number of hydrogen-bond donors (Lipinski definition) is 1. The largest absolute Gasteiger partial charge is 0.497 e. The number of rotatable bonds is 4. The summed E-state index contributed by atoms with van der Waals surface area (Å²) >= 11 is 0. The Balaban J connectivity index is 1.97. The molecule has 1 saturated heterocycles. The van der Waals surface area contributed by atoms with Crippen LogP contribution in [0.4, 0.5) is 0 Å². The van der Waals surface area contributed by atoms with E-state index in [-0.39, 0.29) is 0 Å². The van der Waals surface area contributed by atoms with Crippen molar-refractivity contribution in [3.8, 4) is 5.75 Å². The summed E-state index contributed by atoms with van der Waals surface area (Å²) in [5, 5.41) is 0. The second-order valence-corrected chi connectivity index (χ2v) is 5.96. The van der Waals surface area contributed by atoms with Gasteiger partial charge < -0.3 is 10.5 Å². The first-order valence-corrected chi connectivity index (χ1v) is 7.21. The Morgan fingerprint density at radius 3 is 2.53 bits per heavy atom. The molecule has 2 rings (SSSR count). The highest BCUT2D eigenvalue weighted by Crippen LogP contribution is 2.22. The van der Waals surface area contributed by atoms with Crippen LogP contribution in [0.2, 0.25) is 0 Å². The second-order valence-electron chi connectivity index (χ2n) is 5.96. The standard InChI is InChI=1S/C16H26N2O/c1-12(2)18-10-14(9-15(17)11-18)8-13-4-6-16(19-3)7-5-13/h4-7,12,14-15H,8-11,17H2,1-3H3. The summed E-state index contributed by atoms with van der Waals surface area (Å²) in [5.41, 5.74) is 7.57. The Bertz CT molecular complexity index is 388. The molecule has 0 spiro atoms. The molecule has 106 valence electrons. The Morgan fingerprint density at radius 2 is 1.95 bits per heavy atom. The van der Waals surface area contributed by atoms with Gasteiger partial charge in [0.15, 0.2) is 0 Å². The molecule has 2 N–H and O–H groups in total. The summed E-state index contributed by atoms with van der Waals surface area (Å²) in [7, 11) is 1.70. The van der Waals surface area contributed by atoms with Crippen LogP contribution in [0, 0.1) is 5.92 Å². The lowest BCUT2D eigenvalue weighted by Gasteiger charge is -2.38. The van der Waals surface area contributed by atoms with E-state index < -0.39 is 0 Å². The van der Waals surface area contributed by atoms with Crippen molar-refractivity contribution < 1.29 is 4.74 Å². The third-order valence-electron chi connectivity index (χ3n) is 4.01. The van der Waals surface area contributed by atoms with E-state index in [1.54, 1.807) is 7.11 Å². The van der Waals surface area contributed by atoms with Crippen molar-refractivity contribution >= 4 is 0 Å². The van der Waals surface area contributed by atoms with Gasteiger partial charge in [0.05, 0.1) is 7.11 Å². The molecule has 2 atom stereocenters. The first-order chi connectivity index (χ1) is 9.08. The Labute approximate surface area is 116 Å². The molecule has 1 aromatic rings. The number of methoxy groups -OCH3 is 1. The van der Waals surface area contributed by atoms with Gasteiger partial charge in [-0.2, -0.15) is 0 Å². The molecule has 0 bridgehead atoms. The molecular weight excluding hydrogens is 236 g/mol. The number of nitrogens with zero attached hydrogens (tertiary/aromatic N) is 1. The molecule has 0 radical (unpaired) electrons. The molecule has 2 unspecified atom stereocenters. The molecule has 1 aliphatic rings. The van der Waals surface area contributed by atoms with Gasteiger partial charge in [-0.1, -0.05) is 12.1 Å². The minimum Gasteiger partial charge on any atom is -0.497 e. The monoisotopic (exact) mass is 262 g/mol. The van der Waals surface area contributed by atoms with Gasteiger partial charge in [0.1, 0.15) is 5.75 Å². The molecule has 1 fully saturated rings. The Kier molecular flexibility index (Phi) is 4.83. The minimum absolute atomic E-state index is 0.319. The quantitative estimate of drug-likeness (QED) is 0.905. The molecule has 19 heavy (non-hydrogen) atoms. The van der Waals surface area contributed by atoms with Crippen LogP contribution in [0.3, 0.4) is 0 Å². The van der Waals surface area contributed by atoms with Gasteiger partial charge in [0.25, 0.3) is 0 Å². The van der Waals surface area contributed by atoms with E-state index in [9.17, 15) is 0 Å². The number of hydrogen-bond acceptors (Lipinski definition) is 3. The Hall–Kier alpha value is -1.06. The molecule has 3 nitrogen and oxygen atoms in total. The van der Waals surface area contributed by atoms with Crippen LogP contribution >= 0.6 is 0 Å². The van der Waals surface area contributed by atoms with Crippen LogP contribution in [0.25, 0.3) is 0 Å². The van der Waals surface area contributed by atoms with Crippen LogP contribution in [0.1, 0.15) is 25.8 Å². The lowest BCUT2D eigenvalue weighted by Crippen LogP contribution is -2.50. The highest BCUT2D eigenvalue weighted by Gasteiger charge is 2.26. The van der Waals surface area contributed by atoms with Crippen LogP contribution in [0.15, 0.2) is 24.3 Å². The number of nitrogens with two attached hydrogens (primary N) is 1. The molecule has 0 amide bonds. The number of likely N-dealkylation sites (tertiary alicyclic amines) is 1. The Morgan fingerprint density at radius 1 is 1.26 bits per heavy atom. The van der Waals surface area contributed by atoms with E-state index >= 15 is 0 Å². The highest BCUT2D eigenvalue weighted by molar-refractivity contribution is 5.27. The predicted molar refractivity (Wildman–Crippen MR) is 79.5 cm³/mol. The van der Waals surface area contributed by atoms with Crippen LogP contribution in [-0.2, 0) is 6.42 Å². The predicted octanol–water partition coefficient (Wildman–Crippen LogP) is 2.30. The van der Waals surface area contributed by atoms with Crippen molar-refractivity contribution in [2.45, 2.75) is 38.8 Å². The van der Waals surface area contributed by atoms with Crippen LogP contribution < -0.4 is 10.5 Å². The summed E-state index contributed by atoms with van der Waals surface area (Å²) in [6.45, 7) is 6.71. The average molecular weight is 262 g/mol. The van der Waals surface area contributed by atoms with Gasteiger partial charge >= 0.3 is 0 Å². The second kappa shape index (κ2) is 6.40. The van der Waals surface area contributed by atoms with E-state index in [1.165, 1.54) is 5.56 Å². The van der Waals surface area contributed by atoms with Crippen LogP contribution in [0.5, 0.6) is 5.75 Å². The van der Waals surface area contributed by atoms with Gasteiger partial charge in [-0.25, -0.2) is 0 Å². The topological polar surface area (TPSA) is 38.5 Å². The fourth-order valence-electron chi connectivity index (χ4n) is 2.95. The maximum atomic E-state index is 6.19. The van der Waals surface area contributed by atoms with Gasteiger partial charge in [0.2, 0.25) is 0 Å². The zero-order valence-electron chi connectivity index (χ0n) is 12.3. The molecule has 1 aromatic carbocycles. The van der Waals surface area contributed by atoms with E-state index in [4.69, 9.17) is 10.5 Å². The van der Waals surface area contributed by atoms with Crippen molar-refractivity contribution in [3.05, 3.63) is 29.8 Å². The number of piperidine rings is 1. The summed E-state index contributed by atoms with van der Waals surface area (Å²) in [6, 6.07) is 9.32. The fraction of sp³-hybridized carbons (Fsp3) is 0.625. The molecule has 1 aliphatic heterocycles. The van der Waals surface area contributed by atoms with Crippen molar-refractivity contribution in [1.82, 2.24) is 4.90 Å². The SMILES string of the molecule is COc1ccc(CC2CC(N)CN(C(C)C)C2)cc1. The first-order valence-electron chi connectivity index (χ1n) is 7.21. The molecular formula is C16H26N2O. The highest BCUT2D eigenvalue weighted by atomic mass is 16.5. The maximum absolute atomic E-state index is 6.19. The van der Waals surface area contributed by atoms with Gasteiger partial charge in [0, 0.05) is 25.2 Å². The number of ether oxygens (including phenoxy) is 1. The van der Waals surface area contributed by atoms with Gasteiger partial charge in [-0.15, -0.1) is 0 Å². The third kappa shape index (κ3) is 3.95. The summed E-state index contributed by atoms with van der Waals surface area (Å²) < 4.78 is 5.20. The van der Waals surface area contributed by atoms with Crippen molar-refractivity contribution in [2.24, 2.45) is 11.7 Å².